The minimum absolute atomic E-state index is 0.0284. The summed E-state index contributed by atoms with van der Waals surface area (Å²) in [5.41, 5.74) is -2.32. The Bertz CT molecular complexity index is 1190. The normalized spacial score (nSPS) is 18.2. The average molecular weight is 496 g/mol. The molecule has 0 aliphatic carbocycles. The standard InChI is InChI=1S/C23H18F6N4O2/c24-18-7-17(6-3-15(18)8-30)32-11-20(34)33(9-14-1-4-16(5-2-14)23(27,28)29)22(21(32)35)12-31(13-22)10-19(25)26/h1-7,19H,9-13H2. The summed E-state index contributed by atoms with van der Waals surface area (Å²) >= 11 is 0. The molecule has 6 nitrogen and oxygen atoms in total. The second kappa shape index (κ2) is 8.88. The molecular formula is C23H18F6N4O2. The quantitative estimate of drug-likeness (QED) is 0.596. The monoisotopic (exact) mass is 496 g/mol. The van der Waals surface area contributed by atoms with Crippen LogP contribution in [-0.2, 0) is 22.3 Å². The van der Waals surface area contributed by atoms with Crippen molar-refractivity contribution in [3.8, 4) is 6.07 Å². The predicted molar refractivity (Wildman–Crippen MR) is 111 cm³/mol. The number of anilines is 1. The highest BCUT2D eigenvalue weighted by molar-refractivity contribution is 6.10. The second-order valence-corrected chi connectivity index (χ2v) is 8.43. The number of benzene rings is 2. The molecule has 1 spiro atoms. The Balaban J connectivity index is 1.64. The van der Waals surface area contributed by atoms with Crippen molar-refractivity contribution in [1.29, 1.82) is 5.26 Å². The van der Waals surface area contributed by atoms with Crippen LogP contribution in [0.3, 0.4) is 0 Å². The Labute approximate surface area is 195 Å². The molecule has 0 radical (unpaired) electrons. The van der Waals surface area contributed by atoms with Crippen molar-refractivity contribution in [2.45, 2.75) is 24.7 Å². The number of likely N-dealkylation sites (tertiary alicyclic amines) is 1. The number of hydrogen-bond acceptors (Lipinski definition) is 4. The summed E-state index contributed by atoms with van der Waals surface area (Å²) in [5, 5.41) is 8.92. The van der Waals surface area contributed by atoms with Gasteiger partial charge in [0.05, 0.1) is 17.7 Å². The molecule has 2 aromatic carbocycles. The molecule has 2 aromatic rings. The van der Waals surface area contributed by atoms with Gasteiger partial charge in [-0.1, -0.05) is 12.1 Å². The zero-order valence-corrected chi connectivity index (χ0v) is 18.0. The zero-order chi connectivity index (χ0) is 25.5. The molecule has 0 atom stereocenters. The van der Waals surface area contributed by atoms with Crippen molar-refractivity contribution in [1.82, 2.24) is 9.80 Å². The summed E-state index contributed by atoms with van der Waals surface area (Å²) in [4.78, 5) is 30.2. The minimum atomic E-state index is -4.54. The Morgan fingerprint density at radius 1 is 1.06 bits per heavy atom. The molecule has 0 N–H and O–H groups in total. The van der Waals surface area contributed by atoms with Gasteiger partial charge < -0.3 is 9.80 Å². The van der Waals surface area contributed by atoms with Gasteiger partial charge in [-0.05, 0) is 35.9 Å². The third-order valence-electron chi connectivity index (χ3n) is 6.13. The van der Waals surface area contributed by atoms with Crippen LogP contribution >= 0.6 is 0 Å². The van der Waals surface area contributed by atoms with E-state index >= 15 is 0 Å². The molecule has 35 heavy (non-hydrogen) atoms. The highest BCUT2D eigenvalue weighted by atomic mass is 19.4. The fourth-order valence-corrected chi connectivity index (χ4v) is 4.41. The van der Waals surface area contributed by atoms with Gasteiger partial charge in [0.25, 0.3) is 12.3 Å². The van der Waals surface area contributed by atoms with Crippen molar-refractivity contribution in [2.24, 2.45) is 0 Å². The van der Waals surface area contributed by atoms with Crippen molar-refractivity contribution in [3.63, 3.8) is 0 Å². The molecule has 2 amide bonds. The number of rotatable bonds is 5. The van der Waals surface area contributed by atoms with Gasteiger partial charge in [-0.15, -0.1) is 0 Å². The molecule has 184 valence electrons. The molecule has 0 aromatic heterocycles. The maximum Gasteiger partial charge on any atom is 0.416 e. The molecule has 0 unspecified atom stereocenters. The first-order valence-corrected chi connectivity index (χ1v) is 10.4. The van der Waals surface area contributed by atoms with Gasteiger partial charge >= 0.3 is 6.18 Å². The molecular weight excluding hydrogens is 478 g/mol. The van der Waals surface area contributed by atoms with Crippen LogP contribution in [0.5, 0.6) is 0 Å². The number of alkyl halides is 5. The number of hydrogen-bond donors (Lipinski definition) is 0. The topological polar surface area (TPSA) is 67.7 Å². The van der Waals surface area contributed by atoms with E-state index in [9.17, 15) is 35.9 Å². The van der Waals surface area contributed by atoms with E-state index in [2.05, 4.69) is 0 Å². The summed E-state index contributed by atoms with van der Waals surface area (Å²) in [5.74, 6) is -2.09. The molecule has 0 saturated carbocycles. The molecule has 2 heterocycles. The van der Waals surface area contributed by atoms with Gasteiger partial charge in [0.15, 0.2) is 0 Å². The van der Waals surface area contributed by atoms with Crippen LogP contribution in [0.1, 0.15) is 16.7 Å². The van der Waals surface area contributed by atoms with Crippen molar-refractivity contribution >= 4 is 17.5 Å². The van der Waals surface area contributed by atoms with Gasteiger partial charge in [-0.2, -0.15) is 18.4 Å². The summed E-state index contributed by atoms with van der Waals surface area (Å²) in [6.07, 6.45) is -7.22. The van der Waals surface area contributed by atoms with Crippen LogP contribution in [0.25, 0.3) is 0 Å². The fraction of sp³-hybridized carbons (Fsp3) is 0.348. The lowest BCUT2D eigenvalue weighted by Gasteiger charge is -2.58. The van der Waals surface area contributed by atoms with Gasteiger partial charge in [-0.3, -0.25) is 14.5 Å². The maximum atomic E-state index is 14.2. The van der Waals surface area contributed by atoms with Crippen LogP contribution in [0.15, 0.2) is 42.5 Å². The highest BCUT2D eigenvalue weighted by Crippen LogP contribution is 2.37. The summed E-state index contributed by atoms with van der Waals surface area (Å²) in [6.45, 7) is -1.74. The second-order valence-electron chi connectivity index (χ2n) is 8.43. The zero-order valence-electron chi connectivity index (χ0n) is 18.0. The molecule has 2 saturated heterocycles. The van der Waals surface area contributed by atoms with E-state index in [1.165, 1.54) is 28.0 Å². The lowest BCUT2D eigenvalue weighted by Crippen LogP contribution is -2.80. The summed E-state index contributed by atoms with van der Waals surface area (Å²) < 4.78 is 78.6. The van der Waals surface area contributed by atoms with Gasteiger partial charge in [-0.25, -0.2) is 13.2 Å². The lowest BCUT2D eigenvalue weighted by atomic mass is 9.83. The van der Waals surface area contributed by atoms with Crippen LogP contribution < -0.4 is 4.90 Å². The van der Waals surface area contributed by atoms with Crippen LogP contribution in [0, 0.1) is 17.1 Å². The molecule has 4 rings (SSSR count). The number of carbonyl (C=O) groups is 2. The number of carbonyl (C=O) groups excluding carboxylic acids is 2. The van der Waals surface area contributed by atoms with E-state index in [0.29, 0.717) is 5.56 Å². The van der Waals surface area contributed by atoms with Crippen molar-refractivity contribution in [2.75, 3.05) is 31.1 Å². The summed E-state index contributed by atoms with van der Waals surface area (Å²) in [6, 6.07) is 9.15. The first-order chi connectivity index (χ1) is 16.4. The maximum absolute atomic E-state index is 14.2. The summed E-state index contributed by atoms with van der Waals surface area (Å²) in [7, 11) is 0. The van der Waals surface area contributed by atoms with Crippen LogP contribution in [0.4, 0.5) is 32.0 Å². The van der Waals surface area contributed by atoms with Crippen molar-refractivity contribution in [3.05, 3.63) is 65.0 Å². The lowest BCUT2D eigenvalue weighted by molar-refractivity contribution is -0.166. The average Bonchev–Trinajstić information content (AvgIpc) is 2.76. The largest absolute Gasteiger partial charge is 0.416 e. The van der Waals surface area contributed by atoms with Crippen molar-refractivity contribution < 1.29 is 35.9 Å². The number of nitriles is 1. The van der Waals surface area contributed by atoms with E-state index in [0.717, 1.165) is 29.2 Å². The Morgan fingerprint density at radius 3 is 2.26 bits per heavy atom. The Morgan fingerprint density at radius 2 is 1.71 bits per heavy atom. The molecule has 12 heteroatoms. The Kier molecular flexibility index (Phi) is 6.23. The smallest absolute Gasteiger partial charge is 0.320 e. The first kappa shape index (κ1) is 24.5. The third-order valence-corrected chi connectivity index (χ3v) is 6.13. The van der Waals surface area contributed by atoms with E-state index in [1.807, 2.05) is 0 Å². The number of piperazine rings is 1. The van der Waals surface area contributed by atoms with E-state index in [-0.39, 0.29) is 30.9 Å². The number of amides is 2. The third kappa shape index (κ3) is 4.55. The minimum Gasteiger partial charge on any atom is -0.320 e. The highest BCUT2D eigenvalue weighted by Gasteiger charge is 2.59. The van der Waals surface area contributed by atoms with Crippen LogP contribution in [0.2, 0.25) is 0 Å². The van der Waals surface area contributed by atoms with Gasteiger partial charge in [0.2, 0.25) is 5.91 Å². The Hall–Kier alpha value is -3.59. The van der Waals surface area contributed by atoms with Gasteiger partial charge in [0.1, 0.15) is 24.0 Å². The SMILES string of the molecule is N#Cc1ccc(N2CC(=O)N(Cc3ccc(C(F)(F)F)cc3)C3(CN(CC(F)F)C3)C2=O)cc1F. The van der Waals surface area contributed by atoms with Crippen LogP contribution in [-0.4, -0.2) is 59.8 Å². The molecule has 2 aliphatic heterocycles. The molecule has 0 bridgehead atoms. The first-order valence-electron chi connectivity index (χ1n) is 10.4. The predicted octanol–water partition coefficient (Wildman–Crippen LogP) is 3.41. The van der Waals surface area contributed by atoms with E-state index < -0.39 is 54.4 Å². The number of nitrogens with zero attached hydrogens (tertiary/aromatic N) is 4. The molecule has 2 fully saturated rings. The molecule has 2 aliphatic rings. The van der Waals surface area contributed by atoms with E-state index in [4.69, 9.17) is 5.26 Å². The van der Waals surface area contributed by atoms with Gasteiger partial charge in [0, 0.05) is 25.3 Å². The fourth-order valence-electron chi connectivity index (χ4n) is 4.41. The number of halogens is 6. The van der Waals surface area contributed by atoms with E-state index in [1.54, 1.807) is 6.07 Å².